The Balaban J connectivity index is 1.24. The number of hydrogen-bond acceptors (Lipinski definition) is 7. The Labute approximate surface area is 224 Å². The summed E-state index contributed by atoms with van der Waals surface area (Å²) in [6.07, 6.45) is 4.81. The van der Waals surface area contributed by atoms with Crippen molar-refractivity contribution >= 4 is 46.7 Å². The van der Waals surface area contributed by atoms with Crippen LogP contribution in [0.4, 0.5) is 27.7 Å². The van der Waals surface area contributed by atoms with Gasteiger partial charge < -0.3 is 20.9 Å². The van der Waals surface area contributed by atoms with Crippen LogP contribution in [0.3, 0.4) is 0 Å². The number of aromatic amines is 1. The van der Waals surface area contributed by atoms with Crippen molar-refractivity contribution in [3.8, 4) is 0 Å². The molecule has 2 aromatic heterocycles. The van der Waals surface area contributed by atoms with E-state index in [9.17, 15) is 9.59 Å². The van der Waals surface area contributed by atoms with Crippen LogP contribution >= 0.6 is 11.6 Å². The maximum atomic E-state index is 15.2. The van der Waals surface area contributed by atoms with Crippen LogP contribution in [-0.4, -0.2) is 56.0 Å². The Kier molecular flexibility index (Phi) is 7.46. The van der Waals surface area contributed by atoms with E-state index in [1.165, 1.54) is 6.20 Å². The van der Waals surface area contributed by atoms with E-state index in [0.717, 1.165) is 36.1 Å². The maximum Gasteiger partial charge on any atom is 0.245 e. The van der Waals surface area contributed by atoms with Gasteiger partial charge >= 0.3 is 0 Å². The zero-order valence-electron chi connectivity index (χ0n) is 21.3. The predicted molar refractivity (Wildman–Crippen MR) is 142 cm³/mol. The van der Waals surface area contributed by atoms with Crippen molar-refractivity contribution in [1.82, 2.24) is 30.4 Å². The van der Waals surface area contributed by atoms with Gasteiger partial charge in [-0.05, 0) is 68.7 Å². The number of nitrogens with zero attached hydrogens (tertiary/aromatic N) is 4. The molecule has 0 saturated carbocycles. The number of nitrogens with one attached hydrogen (secondary N) is 4. The van der Waals surface area contributed by atoms with Crippen LogP contribution in [-0.2, 0) is 9.59 Å². The van der Waals surface area contributed by atoms with Crippen molar-refractivity contribution in [3.05, 3.63) is 52.1 Å². The molecule has 1 atom stereocenters. The van der Waals surface area contributed by atoms with Crippen LogP contribution in [0.15, 0.2) is 24.4 Å². The number of aryl methyl sites for hydroxylation is 2. The smallest absolute Gasteiger partial charge is 0.245 e. The summed E-state index contributed by atoms with van der Waals surface area (Å²) in [5, 5.41) is 16.0. The summed E-state index contributed by atoms with van der Waals surface area (Å²) in [5.41, 5.74) is 3.01. The third-order valence-corrected chi connectivity index (χ3v) is 7.35. The summed E-state index contributed by atoms with van der Waals surface area (Å²) in [5.74, 6) is 0.743. The van der Waals surface area contributed by atoms with Gasteiger partial charge in [-0.25, -0.2) is 9.37 Å². The normalized spacial score (nSPS) is 18.3. The molecule has 2 fully saturated rings. The highest BCUT2D eigenvalue weighted by atomic mass is 35.5. The monoisotopic (exact) mass is 540 g/mol. The highest BCUT2D eigenvalue weighted by molar-refractivity contribution is 6.32. The topological polar surface area (TPSA) is 128 Å². The van der Waals surface area contributed by atoms with Gasteiger partial charge in [-0.1, -0.05) is 11.6 Å². The molecule has 0 radical (unpaired) electrons. The van der Waals surface area contributed by atoms with Gasteiger partial charge in [0.15, 0.2) is 11.6 Å². The number of benzene rings is 1. The largest absolute Gasteiger partial charge is 0.344 e. The van der Waals surface area contributed by atoms with Crippen LogP contribution < -0.4 is 16.0 Å². The van der Waals surface area contributed by atoms with E-state index in [2.05, 4.69) is 36.1 Å². The van der Waals surface area contributed by atoms with Crippen molar-refractivity contribution in [3.63, 3.8) is 0 Å². The van der Waals surface area contributed by atoms with Gasteiger partial charge in [0.05, 0.1) is 11.9 Å². The van der Waals surface area contributed by atoms with Crippen molar-refractivity contribution in [1.29, 1.82) is 0 Å². The van der Waals surface area contributed by atoms with Crippen molar-refractivity contribution in [2.45, 2.75) is 57.9 Å². The van der Waals surface area contributed by atoms with Gasteiger partial charge in [-0.3, -0.25) is 14.7 Å². The third kappa shape index (κ3) is 5.72. The molecule has 4 N–H and O–H groups in total. The first-order valence-corrected chi connectivity index (χ1v) is 13.1. The quantitative estimate of drug-likeness (QED) is 0.363. The van der Waals surface area contributed by atoms with E-state index >= 15 is 4.39 Å². The van der Waals surface area contributed by atoms with Gasteiger partial charge in [0, 0.05) is 31.3 Å². The fourth-order valence-corrected chi connectivity index (χ4v) is 5.23. The number of piperidine rings is 2. The van der Waals surface area contributed by atoms with E-state index in [1.54, 1.807) is 12.1 Å². The second-order valence-corrected chi connectivity index (χ2v) is 10.3. The number of carbonyl (C=O) groups excluding carboxylic acids is 2. The average Bonchev–Trinajstić information content (AvgIpc) is 3.32. The van der Waals surface area contributed by atoms with E-state index in [0.29, 0.717) is 42.6 Å². The van der Waals surface area contributed by atoms with Gasteiger partial charge in [-0.2, -0.15) is 10.1 Å². The number of aromatic nitrogens is 4. The molecule has 200 valence electrons. The Morgan fingerprint density at radius 3 is 2.66 bits per heavy atom. The molecule has 1 aromatic carbocycles. The minimum Gasteiger partial charge on any atom is -0.344 e. The Morgan fingerprint density at radius 2 is 1.95 bits per heavy atom. The van der Waals surface area contributed by atoms with E-state index in [-0.39, 0.29) is 29.4 Å². The van der Waals surface area contributed by atoms with Crippen LogP contribution in [0.2, 0.25) is 5.02 Å². The van der Waals surface area contributed by atoms with Gasteiger partial charge in [-0.15, -0.1) is 0 Å². The van der Waals surface area contributed by atoms with E-state index in [1.807, 2.05) is 24.8 Å². The number of amides is 2. The number of likely N-dealkylation sites (tertiary alicyclic amines) is 1. The molecule has 2 saturated heterocycles. The molecule has 2 amide bonds. The molecular formula is C26H30ClFN8O2. The second kappa shape index (κ2) is 10.9. The molecular weight excluding hydrogens is 511 g/mol. The summed E-state index contributed by atoms with van der Waals surface area (Å²) >= 11 is 6.23. The number of anilines is 4. The lowest BCUT2D eigenvalue weighted by atomic mass is 9.86. The molecule has 1 unspecified atom stereocenters. The molecule has 0 spiro atoms. The number of hydrogen-bond donors (Lipinski definition) is 4. The zero-order valence-corrected chi connectivity index (χ0v) is 22.0. The lowest BCUT2D eigenvalue weighted by Crippen LogP contribution is -2.52. The lowest BCUT2D eigenvalue weighted by Gasteiger charge is -2.36. The van der Waals surface area contributed by atoms with Crippen molar-refractivity contribution < 1.29 is 14.0 Å². The van der Waals surface area contributed by atoms with Gasteiger partial charge in [0.25, 0.3) is 0 Å². The molecule has 4 heterocycles. The molecule has 38 heavy (non-hydrogen) atoms. The maximum absolute atomic E-state index is 15.2. The highest BCUT2D eigenvalue weighted by Gasteiger charge is 2.32. The van der Waals surface area contributed by atoms with E-state index < -0.39 is 11.9 Å². The van der Waals surface area contributed by atoms with Crippen LogP contribution in [0.5, 0.6) is 0 Å². The SMILES string of the molecule is Cc1cc(Nc2nc(Nc3cc(C)c(C4CCN(C(=O)C5CCCC(=O)N5)CC4)cc3F)ncc2Cl)n[nH]1. The number of halogens is 2. The summed E-state index contributed by atoms with van der Waals surface area (Å²) in [4.78, 5) is 34.9. The lowest BCUT2D eigenvalue weighted by molar-refractivity contribution is -0.138. The minimum atomic E-state index is -0.424. The highest BCUT2D eigenvalue weighted by Crippen LogP contribution is 2.34. The van der Waals surface area contributed by atoms with Gasteiger partial charge in [0.2, 0.25) is 17.8 Å². The zero-order chi connectivity index (χ0) is 26.8. The first-order valence-electron chi connectivity index (χ1n) is 12.7. The fraction of sp³-hybridized carbons (Fsp3) is 0.423. The molecule has 2 aliphatic rings. The summed E-state index contributed by atoms with van der Waals surface area (Å²) in [6, 6.07) is 4.69. The molecule has 0 bridgehead atoms. The van der Waals surface area contributed by atoms with Crippen molar-refractivity contribution in [2.75, 3.05) is 23.7 Å². The molecule has 2 aliphatic heterocycles. The number of carbonyl (C=O) groups is 2. The number of rotatable bonds is 6. The molecule has 12 heteroatoms. The molecule has 5 rings (SSSR count). The summed E-state index contributed by atoms with van der Waals surface area (Å²) in [7, 11) is 0. The third-order valence-electron chi connectivity index (χ3n) is 7.08. The predicted octanol–water partition coefficient (Wildman–Crippen LogP) is 4.47. The van der Waals surface area contributed by atoms with Crippen LogP contribution in [0.1, 0.15) is 54.8 Å². The molecule has 3 aromatic rings. The number of H-pyrrole nitrogens is 1. The van der Waals surface area contributed by atoms with Gasteiger partial charge in [0.1, 0.15) is 16.9 Å². The van der Waals surface area contributed by atoms with Crippen LogP contribution in [0, 0.1) is 19.7 Å². The summed E-state index contributed by atoms with van der Waals surface area (Å²) in [6.45, 7) is 4.99. The first kappa shape index (κ1) is 25.9. The fourth-order valence-electron chi connectivity index (χ4n) is 5.09. The van der Waals surface area contributed by atoms with Crippen LogP contribution in [0.25, 0.3) is 0 Å². The first-order chi connectivity index (χ1) is 18.3. The molecule has 0 aliphatic carbocycles. The Hall–Kier alpha value is -3.73. The summed E-state index contributed by atoms with van der Waals surface area (Å²) < 4.78 is 15.2. The Bertz CT molecular complexity index is 1360. The minimum absolute atomic E-state index is 0.0156. The average molecular weight is 541 g/mol. The standard InChI is InChI=1S/C26H30ClFN8O2/c1-14-10-21(31-26-29-13-18(27)24(33-26)32-22-11-15(2)34-35-22)19(28)12-17(14)16-6-8-36(9-7-16)25(38)20-4-3-5-23(37)30-20/h10-13,16,20H,3-9H2,1-2H3,(H,30,37)(H3,29,31,32,33,34,35). The Morgan fingerprint density at radius 1 is 1.16 bits per heavy atom. The second-order valence-electron chi connectivity index (χ2n) is 9.88. The van der Waals surface area contributed by atoms with E-state index in [4.69, 9.17) is 11.6 Å². The molecule has 10 nitrogen and oxygen atoms in total. The van der Waals surface area contributed by atoms with Crippen molar-refractivity contribution in [2.24, 2.45) is 0 Å².